The lowest BCUT2D eigenvalue weighted by atomic mass is 10.1. The standard InChI is InChI=1S/C19H34O4/c1-17(23-19-14-10-12-16-22-19)13-9-7-5-3-4-6-8-11-15-21-18(2)20/h8,11,17,19H,3-7,9-10,12-16H2,1-2H3/b11-8+/t17-,19?/m1/s1. The third kappa shape index (κ3) is 12.2. The van der Waals surface area contributed by atoms with Crippen LogP contribution in [0.3, 0.4) is 0 Å². The second kappa shape index (κ2) is 13.6. The predicted molar refractivity (Wildman–Crippen MR) is 92.2 cm³/mol. The van der Waals surface area contributed by atoms with Crippen LogP contribution in [-0.2, 0) is 19.0 Å². The zero-order valence-electron chi connectivity index (χ0n) is 14.9. The SMILES string of the molecule is CC(=O)OC/C=C/CCCCCCC[C@@H](C)OC1CCCCO1. The van der Waals surface area contributed by atoms with Gasteiger partial charge in [-0.15, -0.1) is 0 Å². The third-order valence-electron chi connectivity index (χ3n) is 4.05. The summed E-state index contributed by atoms with van der Waals surface area (Å²) >= 11 is 0. The molecule has 0 radical (unpaired) electrons. The molecular formula is C19H34O4. The highest BCUT2D eigenvalue weighted by molar-refractivity contribution is 5.65. The summed E-state index contributed by atoms with van der Waals surface area (Å²) in [5, 5.41) is 0. The smallest absolute Gasteiger partial charge is 0.302 e. The maximum Gasteiger partial charge on any atom is 0.302 e. The van der Waals surface area contributed by atoms with Crippen molar-refractivity contribution in [3.63, 3.8) is 0 Å². The third-order valence-corrected chi connectivity index (χ3v) is 4.05. The lowest BCUT2D eigenvalue weighted by Crippen LogP contribution is -2.26. The second-order valence-corrected chi connectivity index (χ2v) is 6.36. The molecule has 0 aromatic rings. The molecule has 4 nitrogen and oxygen atoms in total. The van der Waals surface area contributed by atoms with Gasteiger partial charge in [0.15, 0.2) is 6.29 Å². The summed E-state index contributed by atoms with van der Waals surface area (Å²) in [5.41, 5.74) is 0. The van der Waals surface area contributed by atoms with E-state index in [-0.39, 0.29) is 12.3 Å². The molecule has 1 aliphatic heterocycles. The van der Waals surface area contributed by atoms with Crippen LogP contribution in [0.4, 0.5) is 0 Å². The molecule has 1 aliphatic rings. The maximum atomic E-state index is 10.6. The molecule has 0 aromatic heterocycles. The molecule has 1 unspecified atom stereocenters. The normalized spacial score (nSPS) is 19.8. The Hall–Kier alpha value is -0.870. The summed E-state index contributed by atoms with van der Waals surface area (Å²) in [6.45, 7) is 4.85. The van der Waals surface area contributed by atoms with Crippen LogP contribution < -0.4 is 0 Å². The summed E-state index contributed by atoms with van der Waals surface area (Å²) in [5.74, 6) is -0.220. The molecule has 0 N–H and O–H groups in total. The minimum Gasteiger partial charge on any atom is -0.462 e. The Morgan fingerprint density at radius 2 is 1.96 bits per heavy atom. The molecular weight excluding hydrogens is 292 g/mol. The van der Waals surface area contributed by atoms with Gasteiger partial charge in [0.1, 0.15) is 6.61 Å². The number of carbonyl (C=O) groups is 1. The Labute approximate surface area is 141 Å². The van der Waals surface area contributed by atoms with Gasteiger partial charge in [0.2, 0.25) is 0 Å². The average Bonchev–Trinajstić information content (AvgIpc) is 2.53. The zero-order valence-corrected chi connectivity index (χ0v) is 14.9. The van der Waals surface area contributed by atoms with Gasteiger partial charge in [0, 0.05) is 13.5 Å². The molecule has 1 heterocycles. The molecule has 134 valence electrons. The first kappa shape index (κ1) is 20.2. The minimum atomic E-state index is -0.220. The van der Waals surface area contributed by atoms with E-state index >= 15 is 0 Å². The number of ether oxygens (including phenoxy) is 3. The van der Waals surface area contributed by atoms with Gasteiger partial charge in [-0.3, -0.25) is 4.79 Å². The van der Waals surface area contributed by atoms with E-state index in [2.05, 4.69) is 13.0 Å². The van der Waals surface area contributed by atoms with Crippen LogP contribution in [-0.4, -0.2) is 31.6 Å². The molecule has 1 rings (SSSR count). The van der Waals surface area contributed by atoms with Crippen molar-refractivity contribution in [1.82, 2.24) is 0 Å². The predicted octanol–water partition coefficient (Wildman–Crippen LogP) is 4.77. The molecule has 0 aromatic carbocycles. The molecule has 1 fully saturated rings. The van der Waals surface area contributed by atoms with Crippen molar-refractivity contribution in [2.75, 3.05) is 13.2 Å². The topological polar surface area (TPSA) is 44.8 Å². The Kier molecular flexibility index (Phi) is 11.9. The van der Waals surface area contributed by atoms with Gasteiger partial charge in [-0.1, -0.05) is 37.8 Å². The van der Waals surface area contributed by atoms with E-state index in [9.17, 15) is 4.79 Å². The van der Waals surface area contributed by atoms with E-state index in [4.69, 9.17) is 14.2 Å². The monoisotopic (exact) mass is 326 g/mol. The average molecular weight is 326 g/mol. The van der Waals surface area contributed by atoms with Crippen molar-refractivity contribution in [3.8, 4) is 0 Å². The summed E-state index contributed by atoms with van der Waals surface area (Å²) in [4.78, 5) is 10.6. The van der Waals surface area contributed by atoms with E-state index in [0.29, 0.717) is 12.7 Å². The highest BCUT2D eigenvalue weighted by Crippen LogP contribution is 2.18. The number of hydrogen-bond donors (Lipinski definition) is 0. The lowest BCUT2D eigenvalue weighted by molar-refractivity contribution is -0.185. The van der Waals surface area contributed by atoms with Gasteiger partial charge >= 0.3 is 5.97 Å². The van der Waals surface area contributed by atoms with Gasteiger partial charge in [-0.05, 0) is 45.4 Å². The fourth-order valence-electron chi connectivity index (χ4n) is 2.72. The highest BCUT2D eigenvalue weighted by atomic mass is 16.7. The van der Waals surface area contributed by atoms with Crippen molar-refractivity contribution in [2.45, 2.75) is 90.4 Å². The van der Waals surface area contributed by atoms with Crippen molar-refractivity contribution < 1.29 is 19.0 Å². The number of hydrogen-bond acceptors (Lipinski definition) is 4. The van der Waals surface area contributed by atoms with E-state index in [1.165, 1.54) is 51.9 Å². The van der Waals surface area contributed by atoms with Crippen LogP contribution in [0.15, 0.2) is 12.2 Å². The van der Waals surface area contributed by atoms with Crippen LogP contribution in [0.1, 0.15) is 78.1 Å². The van der Waals surface area contributed by atoms with Crippen LogP contribution >= 0.6 is 0 Å². The van der Waals surface area contributed by atoms with Gasteiger partial charge in [0.25, 0.3) is 0 Å². The van der Waals surface area contributed by atoms with E-state index in [1.54, 1.807) is 0 Å². The quantitative estimate of drug-likeness (QED) is 0.294. The number of esters is 1. The molecule has 0 amide bonds. The molecule has 1 saturated heterocycles. The molecule has 0 aliphatic carbocycles. The largest absolute Gasteiger partial charge is 0.462 e. The van der Waals surface area contributed by atoms with Crippen LogP contribution in [0, 0.1) is 0 Å². The molecule has 23 heavy (non-hydrogen) atoms. The summed E-state index contributed by atoms with van der Waals surface area (Å²) in [6, 6.07) is 0. The maximum absolute atomic E-state index is 10.6. The lowest BCUT2D eigenvalue weighted by Gasteiger charge is -2.26. The molecule has 0 spiro atoms. The van der Waals surface area contributed by atoms with Crippen LogP contribution in [0.5, 0.6) is 0 Å². The highest BCUT2D eigenvalue weighted by Gasteiger charge is 2.16. The van der Waals surface area contributed by atoms with Crippen molar-refractivity contribution >= 4 is 5.97 Å². The number of unbranched alkanes of at least 4 members (excludes halogenated alkanes) is 5. The number of allylic oxidation sites excluding steroid dienone is 1. The summed E-state index contributed by atoms with van der Waals surface area (Å²) in [6.07, 6.45) is 16.3. The minimum absolute atomic E-state index is 0.0394. The van der Waals surface area contributed by atoms with Crippen molar-refractivity contribution in [1.29, 1.82) is 0 Å². The van der Waals surface area contributed by atoms with Gasteiger partial charge in [-0.2, -0.15) is 0 Å². The summed E-state index contributed by atoms with van der Waals surface area (Å²) < 4.78 is 16.4. The van der Waals surface area contributed by atoms with Crippen LogP contribution in [0.25, 0.3) is 0 Å². The molecule has 0 saturated carbocycles. The molecule has 0 bridgehead atoms. The van der Waals surface area contributed by atoms with Gasteiger partial charge in [0.05, 0.1) is 6.10 Å². The van der Waals surface area contributed by atoms with E-state index < -0.39 is 0 Å². The van der Waals surface area contributed by atoms with E-state index in [0.717, 1.165) is 25.9 Å². The Morgan fingerprint density at radius 3 is 2.70 bits per heavy atom. The fourth-order valence-corrected chi connectivity index (χ4v) is 2.72. The van der Waals surface area contributed by atoms with Crippen LogP contribution in [0.2, 0.25) is 0 Å². The number of rotatable bonds is 12. The van der Waals surface area contributed by atoms with Crippen molar-refractivity contribution in [2.24, 2.45) is 0 Å². The first-order chi connectivity index (χ1) is 11.2. The number of carbonyl (C=O) groups excluding carboxylic acids is 1. The summed E-state index contributed by atoms with van der Waals surface area (Å²) in [7, 11) is 0. The zero-order chi connectivity index (χ0) is 16.8. The van der Waals surface area contributed by atoms with E-state index in [1.807, 2.05) is 6.08 Å². The second-order valence-electron chi connectivity index (χ2n) is 6.36. The first-order valence-corrected chi connectivity index (χ1v) is 9.24. The Morgan fingerprint density at radius 1 is 1.17 bits per heavy atom. The molecule has 4 heteroatoms. The van der Waals surface area contributed by atoms with Crippen molar-refractivity contribution in [3.05, 3.63) is 12.2 Å². The van der Waals surface area contributed by atoms with Gasteiger partial charge in [-0.25, -0.2) is 0 Å². The Balaban J connectivity index is 1.84. The fraction of sp³-hybridized carbons (Fsp3) is 0.842. The Bertz CT molecular complexity index is 321. The van der Waals surface area contributed by atoms with Gasteiger partial charge < -0.3 is 14.2 Å². The first-order valence-electron chi connectivity index (χ1n) is 9.24. The molecule has 2 atom stereocenters.